The molecule has 8 heteroatoms. The van der Waals surface area contributed by atoms with Crippen molar-refractivity contribution in [3.8, 4) is 11.4 Å². The van der Waals surface area contributed by atoms with Gasteiger partial charge in [-0.25, -0.2) is 4.98 Å². The van der Waals surface area contributed by atoms with Crippen LogP contribution < -0.4 is 15.6 Å². The van der Waals surface area contributed by atoms with Crippen LogP contribution in [-0.4, -0.2) is 28.3 Å². The number of ether oxygens (including phenoxy) is 1. The fraction of sp³-hybridized carbons (Fsp3) is 0.125. The zero-order chi connectivity index (χ0) is 22.7. The maximum absolute atomic E-state index is 13.4. The van der Waals surface area contributed by atoms with Crippen molar-refractivity contribution in [2.45, 2.75) is 12.1 Å². The van der Waals surface area contributed by atoms with Gasteiger partial charge in [-0.15, -0.1) is 0 Å². The summed E-state index contributed by atoms with van der Waals surface area (Å²) < 4.78 is 6.74. The molecule has 3 aromatic carbocycles. The third-order valence-electron chi connectivity index (χ3n) is 4.84. The van der Waals surface area contributed by atoms with Gasteiger partial charge in [-0.2, -0.15) is 0 Å². The Balaban J connectivity index is 1.69. The fourth-order valence-corrected chi connectivity index (χ4v) is 4.26. The molecule has 1 amide bonds. The van der Waals surface area contributed by atoms with E-state index in [4.69, 9.17) is 16.3 Å². The minimum Gasteiger partial charge on any atom is -0.497 e. The van der Waals surface area contributed by atoms with Gasteiger partial charge in [0.1, 0.15) is 5.75 Å². The van der Waals surface area contributed by atoms with Gasteiger partial charge in [0.15, 0.2) is 5.16 Å². The second kappa shape index (κ2) is 9.46. The number of nitrogens with zero attached hydrogens (tertiary/aromatic N) is 2. The summed E-state index contributed by atoms with van der Waals surface area (Å²) in [5, 5.41) is 4.21. The number of nitrogens with one attached hydrogen (secondary N) is 1. The van der Waals surface area contributed by atoms with E-state index in [-0.39, 0.29) is 17.2 Å². The average Bonchev–Trinajstić information content (AvgIpc) is 2.78. The van der Waals surface area contributed by atoms with E-state index in [1.54, 1.807) is 54.1 Å². The minimum atomic E-state index is -0.222. The van der Waals surface area contributed by atoms with Crippen LogP contribution in [0.25, 0.3) is 16.6 Å². The Morgan fingerprint density at radius 2 is 1.94 bits per heavy atom. The number of hydrogen-bond donors (Lipinski definition) is 1. The van der Waals surface area contributed by atoms with Gasteiger partial charge in [0.2, 0.25) is 5.91 Å². The molecule has 1 heterocycles. The number of aryl methyl sites for hydroxylation is 1. The molecule has 1 aromatic heterocycles. The third-order valence-corrected chi connectivity index (χ3v) is 6.02. The van der Waals surface area contributed by atoms with Crippen molar-refractivity contribution in [2.75, 3.05) is 18.2 Å². The van der Waals surface area contributed by atoms with Gasteiger partial charge in [0.25, 0.3) is 5.56 Å². The Morgan fingerprint density at radius 3 is 2.72 bits per heavy atom. The van der Waals surface area contributed by atoms with Gasteiger partial charge in [-0.05, 0) is 48.9 Å². The van der Waals surface area contributed by atoms with Gasteiger partial charge in [-0.3, -0.25) is 14.2 Å². The van der Waals surface area contributed by atoms with Crippen molar-refractivity contribution >= 4 is 45.9 Å². The van der Waals surface area contributed by atoms with E-state index in [1.165, 1.54) is 11.8 Å². The number of benzene rings is 3. The van der Waals surface area contributed by atoms with E-state index in [0.717, 1.165) is 11.3 Å². The van der Waals surface area contributed by atoms with Crippen LogP contribution in [-0.2, 0) is 4.79 Å². The molecule has 0 bridgehead atoms. The molecule has 0 aliphatic rings. The first-order chi connectivity index (χ1) is 15.5. The molecular formula is C24H20ClN3O3S. The number of halogens is 1. The van der Waals surface area contributed by atoms with Gasteiger partial charge in [-0.1, -0.05) is 47.6 Å². The van der Waals surface area contributed by atoms with Gasteiger partial charge < -0.3 is 10.1 Å². The second-order valence-electron chi connectivity index (χ2n) is 7.05. The Bertz CT molecular complexity index is 1370. The molecule has 0 radical (unpaired) electrons. The molecule has 0 saturated heterocycles. The Morgan fingerprint density at radius 1 is 1.12 bits per heavy atom. The standard InChI is InChI=1S/C24H20ClN3O3S/c1-15-6-3-4-9-21(15)28-23(30)19-11-10-16(25)12-20(19)27-24(28)32-14-22(29)26-17-7-5-8-18(13-17)31-2/h3-13H,14H2,1-2H3,(H,26,29). The number of hydrogen-bond acceptors (Lipinski definition) is 5. The molecule has 0 spiro atoms. The van der Waals surface area contributed by atoms with Crippen LogP contribution in [0.15, 0.2) is 76.7 Å². The lowest BCUT2D eigenvalue weighted by Crippen LogP contribution is -2.23. The van der Waals surface area contributed by atoms with E-state index in [9.17, 15) is 9.59 Å². The zero-order valence-corrected chi connectivity index (χ0v) is 19.0. The summed E-state index contributed by atoms with van der Waals surface area (Å²) in [5.74, 6) is 0.499. The zero-order valence-electron chi connectivity index (χ0n) is 17.5. The number of carbonyl (C=O) groups is 1. The van der Waals surface area contributed by atoms with Crippen molar-refractivity contribution in [3.63, 3.8) is 0 Å². The average molecular weight is 466 g/mol. The topological polar surface area (TPSA) is 73.2 Å². The lowest BCUT2D eigenvalue weighted by Gasteiger charge is -2.15. The predicted octanol–water partition coefficient (Wildman–Crippen LogP) is 5.09. The Hall–Kier alpha value is -3.29. The molecule has 0 fully saturated rings. The van der Waals surface area contributed by atoms with E-state index >= 15 is 0 Å². The van der Waals surface area contributed by atoms with Crippen LogP contribution in [0.2, 0.25) is 5.02 Å². The lowest BCUT2D eigenvalue weighted by molar-refractivity contribution is -0.113. The third kappa shape index (κ3) is 4.64. The molecule has 162 valence electrons. The van der Waals surface area contributed by atoms with E-state index in [0.29, 0.717) is 32.5 Å². The highest BCUT2D eigenvalue weighted by Crippen LogP contribution is 2.25. The van der Waals surface area contributed by atoms with E-state index in [2.05, 4.69) is 10.3 Å². The summed E-state index contributed by atoms with van der Waals surface area (Å²) in [4.78, 5) is 30.6. The molecule has 0 saturated carbocycles. The van der Waals surface area contributed by atoms with E-state index in [1.807, 2.05) is 31.2 Å². The number of amides is 1. The van der Waals surface area contributed by atoms with Crippen LogP contribution in [0.1, 0.15) is 5.56 Å². The normalized spacial score (nSPS) is 10.8. The summed E-state index contributed by atoms with van der Waals surface area (Å²) in [7, 11) is 1.57. The lowest BCUT2D eigenvalue weighted by atomic mass is 10.2. The quantitative estimate of drug-likeness (QED) is 0.317. The summed E-state index contributed by atoms with van der Waals surface area (Å²) >= 11 is 7.31. The van der Waals surface area contributed by atoms with Crippen molar-refractivity contribution in [1.82, 2.24) is 9.55 Å². The second-order valence-corrected chi connectivity index (χ2v) is 8.43. The summed E-state index contributed by atoms with van der Waals surface area (Å²) in [6.07, 6.45) is 0. The van der Waals surface area contributed by atoms with Crippen LogP contribution >= 0.6 is 23.4 Å². The number of para-hydroxylation sites is 1. The molecule has 6 nitrogen and oxygen atoms in total. The highest BCUT2D eigenvalue weighted by Gasteiger charge is 2.16. The Labute approximate surface area is 194 Å². The molecule has 0 atom stereocenters. The highest BCUT2D eigenvalue weighted by molar-refractivity contribution is 7.99. The van der Waals surface area contributed by atoms with Crippen LogP contribution in [0.5, 0.6) is 5.75 Å². The maximum atomic E-state index is 13.4. The molecular weight excluding hydrogens is 446 g/mol. The number of rotatable bonds is 6. The number of methoxy groups -OCH3 is 1. The Kier molecular flexibility index (Phi) is 6.48. The van der Waals surface area contributed by atoms with Crippen LogP contribution in [0.4, 0.5) is 5.69 Å². The van der Waals surface area contributed by atoms with Crippen LogP contribution in [0, 0.1) is 6.92 Å². The van der Waals surface area contributed by atoms with Gasteiger partial charge >= 0.3 is 0 Å². The predicted molar refractivity (Wildman–Crippen MR) is 129 cm³/mol. The molecule has 0 unspecified atom stereocenters. The van der Waals surface area contributed by atoms with Gasteiger partial charge in [0, 0.05) is 16.8 Å². The molecule has 4 aromatic rings. The maximum Gasteiger partial charge on any atom is 0.266 e. The van der Waals surface area contributed by atoms with Crippen molar-refractivity contribution < 1.29 is 9.53 Å². The number of carbonyl (C=O) groups excluding carboxylic acids is 1. The number of anilines is 1. The number of aromatic nitrogens is 2. The first kappa shape index (κ1) is 21.9. The molecule has 1 N–H and O–H groups in total. The monoisotopic (exact) mass is 465 g/mol. The SMILES string of the molecule is COc1cccc(NC(=O)CSc2nc3cc(Cl)ccc3c(=O)n2-c2ccccc2C)c1. The first-order valence-corrected chi connectivity index (χ1v) is 11.2. The van der Waals surface area contributed by atoms with Crippen molar-refractivity contribution in [2.24, 2.45) is 0 Å². The molecule has 0 aliphatic heterocycles. The molecule has 32 heavy (non-hydrogen) atoms. The van der Waals surface area contributed by atoms with E-state index < -0.39 is 0 Å². The summed E-state index contributed by atoms with van der Waals surface area (Å²) in [6.45, 7) is 1.93. The highest BCUT2D eigenvalue weighted by atomic mass is 35.5. The molecule has 0 aliphatic carbocycles. The van der Waals surface area contributed by atoms with Crippen molar-refractivity contribution in [1.29, 1.82) is 0 Å². The first-order valence-electron chi connectivity index (χ1n) is 9.81. The summed E-state index contributed by atoms with van der Waals surface area (Å²) in [5.41, 5.74) is 2.55. The van der Waals surface area contributed by atoms with Gasteiger partial charge in [0.05, 0.1) is 29.5 Å². The van der Waals surface area contributed by atoms with Crippen LogP contribution in [0.3, 0.4) is 0 Å². The minimum absolute atomic E-state index is 0.0710. The van der Waals surface area contributed by atoms with Crippen molar-refractivity contribution in [3.05, 3.63) is 87.7 Å². The molecule has 4 rings (SSSR count). The fourth-order valence-electron chi connectivity index (χ4n) is 3.29. The number of thioether (sulfide) groups is 1. The summed E-state index contributed by atoms with van der Waals surface area (Å²) in [6, 6.07) is 19.7. The largest absolute Gasteiger partial charge is 0.497 e. The smallest absolute Gasteiger partial charge is 0.266 e. The number of fused-ring (bicyclic) bond motifs is 1.